The summed E-state index contributed by atoms with van der Waals surface area (Å²) in [6.07, 6.45) is 2.07. The number of piperidine rings is 1. The van der Waals surface area contributed by atoms with Crippen LogP contribution in [0.3, 0.4) is 0 Å². The van der Waals surface area contributed by atoms with E-state index < -0.39 is 0 Å². The molecule has 0 aliphatic carbocycles. The summed E-state index contributed by atoms with van der Waals surface area (Å²) in [5.74, 6) is 0.723. The Balaban J connectivity index is 1.80. The van der Waals surface area contributed by atoms with E-state index in [0.29, 0.717) is 28.8 Å². The zero-order valence-electron chi connectivity index (χ0n) is 12.0. The molecule has 1 amide bonds. The second-order valence-electron chi connectivity index (χ2n) is 5.39. The van der Waals surface area contributed by atoms with Gasteiger partial charge in [-0.3, -0.25) is 4.79 Å². The van der Waals surface area contributed by atoms with E-state index in [9.17, 15) is 4.79 Å². The first-order chi connectivity index (χ1) is 9.97. The van der Waals surface area contributed by atoms with E-state index in [1.165, 1.54) is 0 Å². The third kappa shape index (κ3) is 4.50. The lowest BCUT2D eigenvalue weighted by atomic mass is 9.99. The van der Waals surface area contributed by atoms with Crippen LogP contribution in [0.4, 0.5) is 0 Å². The minimum Gasteiger partial charge on any atom is -0.493 e. The zero-order chi connectivity index (χ0) is 15.4. The van der Waals surface area contributed by atoms with Crippen LogP contribution in [0.1, 0.15) is 26.2 Å². The fraction of sp³-hybridized carbons (Fsp3) is 0.533. The molecule has 6 heteroatoms. The van der Waals surface area contributed by atoms with Crippen molar-refractivity contribution in [3.63, 3.8) is 0 Å². The predicted octanol–water partition coefficient (Wildman–Crippen LogP) is 3.10. The van der Waals surface area contributed by atoms with Gasteiger partial charge in [0.25, 0.3) is 0 Å². The van der Waals surface area contributed by atoms with Crippen molar-refractivity contribution < 1.29 is 9.53 Å². The second kappa shape index (κ2) is 7.34. The number of benzene rings is 1. The highest BCUT2D eigenvalue weighted by molar-refractivity contribution is 6.42. The summed E-state index contributed by atoms with van der Waals surface area (Å²) in [4.78, 5) is 14.1. The normalized spacial score (nSPS) is 22.2. The molecule has 0 spiro atoms. The van der Waals surface area contributed by atoms with Crippen LogP contribution >= 0.6 is 23.2 Å². The van der Waals surface area contributed by atoms with E-state index in [4.69, 9.17) is 33.7 Å². The lowest BCUT2D eigenvalue weighted by Crippen LogP contribution is -2.48. The van der Waals surface area contributed by atoms with E-state index in [-0.39, 0.29) is 18.0 Å². The van der Waals surface area contributed by atoms with Crippen molar-refractivity contribution in [2.75, 3.05) is 13.2 Å². The number of carbonyl (C=O) groups is 1. The van der Waals surface area contributed by atoms with Crippen molar-refractivity contribution in [3.05, 3.63) is 28.2 Å². The number of halogens is 2. The van der Waals surface area contributed by atoms with Crippen LogP contribution in [-0.2, 0) is 4.79 Å². The Hall–Kier alpha value is -0.970. The standard InChI is InChI=1S/C15H20Cl2N2O2/c1-10-8-11(18)4-6-19(10)15(20)5-7-21-12-2-3-13(16)14(17)9-12/h2-3,9-11H,4-8,18H2,1H3. The van der Waals surface area contributed by atoms with E-state index in [0.717, 1.165) is 19.4 Å². The lowest BCUT2D eigenvalue weighted by Gasteiger charge is -2.36. The molecule has 1 aromatic carbocycles. The second-order valence-corrected chi connectivity index (χ2v) is 6.21. The number of carbonyl (C=O) groups excluding carboxylic acids is 1. The number of nitrogens with zero attached hydrogens (tertiary/aromatic N) is 1. The van der Waals surface area contributed by atoms with Crippen LogP contribution < -0.4 is 10.5 Å². The third-order valence-corrected chi connectivity index (χ3v) is 4.45. The van der Waals surface area contributed by atoms with E-state index in [1.54, 1.807) is 18.2 Å². The first kappa shape index (κ1) is 16.4. The van der Waals surface area contributed by atoms with Gasteiger partial charge in [-0.05, 0) is 31.9 Å². The van der Waals surface area contributed by atoms with Crippen LogP contribution in [0.25, 0.3) is 0 Å². The molecule has 0 bridgehead atoms. The van der Waals surface area contributed by atoms with Gasteiger partial charge < -0.3 is 15.4 Å². The first-order valence-electron chi connectivity index (χ1n) is 7.10. The maximum atomic E-state index is 12.2. The van der Waals surface area contributed by atoms with E-state index in [2.05, 4.69) is 0 Å². The highest BCUT2D eigenvalue weighted by Crippen LogP contribution is 2.26. The monoisotopic (exact) mass is 330 g/mol. The maximum absolute atomic E-state index is 12.2. The fourth-order valence-corrected chi connectivity index (χ4v) is 2.83. The van der Waals surface area contributed by atoms with Gasteiger partial charge in [0.05, 0.1) is 23.1 Å². The highest BCUT2D eigenvalue weighted by Gasteiger charge is 2.26. The van der Waals surface area contributed by atoms with Gasteiger partial charge in [0.2, 0.25) is 5.91 Å². The molecule has 1 aliphatic rings. The SMILES string of the molecule is CC1CC(N)CCN1C(=O)CCOc1ccc(Cl)c(Cl)c1. The number of amides is 1. The fourth-order valence-electron chi connectivity index (χ4n) is 2.55. The Labute approximate surface area is 135 Å². The zero-order valence-corrected chi connectivity index (χ0v) is 13.5. The molecule has 116 valence electrons. The van der Waals surface area contributed by atoms with Crippen molar-refractivity contribution in [1.29, 1.82) is 0 Å². The molecule has 1 heterocycles. The van der Waals surface area contributed by atoms with Gasteiger partial charge in [0, 0.05) is 24.7 Å². The topological polar surface area (TPSA) is 55.6 Å². The van der Waals surface area contributed by atoms with Gasteiger partial charge in [0.15, 0.2) is 0 Å². The molecule has 1 fully saturated rings. The van der Waals surface area contributed by atoms with Crippen LogP contribution in [0.2, 0.25) is 10.0 Å². The lowest BCUT2D eigenvalue weighted by molar-refractivity contribution is -0.135. The number of ether oxygens (including phenoxy) is 1. The van der Waals surface area contributed by atoms with Crippen molar-refractivity contribution >= 4 is 29.1 Å². The number of hydrogen-bond acceptors (Lipinski definition) is 3. The number of nitrogens with two attached hydrogens (primary N) is 1. The van der Waals surface area contributed by atoms with Gasteiger partial charge >= 0.3 is 0 Å². The van der Waals surface area contributed by atoms with E-state index >= 15 is 0 Å². The Kier molecular flexibility index (Phi) is 5.73. The summed E-state index contributed by atoms with van der Waals surface area (Å²) in [5, 5.41) is 0.928. The summed E-state index contributed by atoms with van der Waals surface area (Å²) in [6.45, 7) is 3.09. The molecule has 21 heavy (non-hydrogen) atoms. The van der Waals surface area contributed by atoms with Gasteiger partial charge in [-0.2, -0.15) is 0 Å². The van der Waals surface area contributed by atoms with Crippen molar-refractivity contribution in [2.24, 2.45) is 5.73 Å². The average Bonchev–Trinajstić information content (AvgIpc) is 2.42. The van der Waals surface area contributed by atoms with Crippen LogP contribution in [-0.4, -0.2) is 36.0 Å². The number of likely N-dealkylation sites (tertiary alicyclic amines) is 1. The van der Waals surface area contributed by atoms with Gasteiger partial charge in [0.1, 0.15) is 5.75 Å². The maximum Gasteiger partial charge on any atom is 0.226 e. The molecule has 2 atom stereocenters. The summed E-state index contributed by atoms with van der Waals surface area (Å²) >= 11 is 11.7. The summed E-state index contributed by atoms with van der Waals surface area (Å²) in [5.41, 5.74) is 5.90. The van der Waals surface area contributed by atoms with Gasteiger partial charge in [-0.25, -0.2) is 0 Å². The third-order valence-electron chi connectivity index (χ3n) is 3.71. The Morgan fingerprint density at radius 2 is 2.19 bits per heavy atom. The quantitative estimate of drug-likeness (QED) is 0.922. The van der Waals surface area contributed by atoms with Crippen LogP contribution in [0.15, 0.2) is 18.2 Å². The summed E-state index contributed by atoms with van der Waals surface area (Å²) in [6, 6.07) is 5.47. The van der Waals surface area contributed by atoms with Gasteiger partial charge in [-0.1, -0.05) is 23.2 Å². The van der Waals surface area contributed by atoms with Crippen molar-refractivity contribution in [1.82, 2.24) is 4.90 Å². The number of hydrogen-bond donors (Lipinski definition) is 1. The average molecular weight is 331 g/mol. The first-order valence-corrected chi connectivity index (χ1v) is 7.86. The molecule has 2 unspecified atom stereocenters. The van der Waals surface area contributed by atoms with Crippen LogP contribution in [0.5, 0.6) is 5.75 Å². The molecule has 4 nitrogen and oxygen atoms in total. The molecule has 1 aromatic rings. The minimum atomic E-state index is 0.106. The minimum absolute atomic E-state index is 0.106. The number of rotatable bonds is 4. The highest BCUT2D eigenvalue weighted by atomic mass is 35.5. The Morgan fingerprint density at radius 1 is 1.43 bits per heavy atom. The Morgan fingerprint density at radius 3 is 2.86 bits per heavy atom. The molecule has 2 rings (SSSR count). The smallest absolute Gasteiger partial charge is 0.226 e. The Bertz CT molecular complexity index is 510. The molecule has 1 saturated heterocycles. The summed E-state index contributed by atoms with van der Waals surface area (Å²) < 4.78 is 5.54. The molecule has 2 N–H and O–H groups in total. The molecule has 0 aromatic heterocycles. The molecule has 0 radical (unpaired) electrons. The molecular formula is C15H20Cl2N2O2. The van der Waals surface area contributed by atoms with Crippen molar-refractivity contribution in [2.45, 2.75) is 38.3 Å². The molecular weight excluding hydrogens is 311 g/mol. The van der Waals surface area contributed by atoms with Crippen molar-refractivity contribution in [3.8, 4) is 5.75 Å². The largest absolute Gasteiger partial charge is 0.493 e. The predicted molar refractivity (Wildman–Crippen MR) is 85.0 cm³/mol. The molecule has 1 aliphatic heterocycles. The van der Waals surface area contributed by atoms with E-state index in [1.807, 2.05) is 11.8 Å². The molecule has 0 saturated carbocycles. The van der Waals surface area contributed by atoms with Gasteiger partial charge in [-0.15, -0.1) is 0 Å². The summed E-state index contributed by atoms with van der Waals surface area (Å²) in [7, 11) is 0. The van der Waals surface area contributed by atoms with Crippen LogP contribution in [0, 0.1) is 0 Å².